The van der Waals surface area contributed by atoms with Gasteiger partial charge in [-0.15, -0.1) is 11.3 Å². The highest BCUT2D eigenvalue weighted by atomic mass is 32.1. The molecule has 0 bridgehead atoms. The molecule has 0 saturated heterocycles. The monoisotopic (exact) mass is 210 g/mol. The van der Waals surface area contributed by atoms with E-state index in [2.05, 4.69) is 11.3 Å². The summed E-state index contributed by atoms with van der Waals surface area (Å²) in [6, 6.07) is 4.08. The summed E-state index contributed by atoms with van der Waals surface area (Å²) < 4.78 is 4.57. The molecular weight excluding hydrogens is 196 g/mol. The van der Waals surface area contributed by atoms with Gasteiger partial charge in [0.25, 0.3) is 0 Å². The van der Waals surface area contributed by atoms with Crippen molar-refractivity contribution in [3.05, 3.63) is 28.5 Å². The molecule has 0 spiro atoms. The first-order valence-electron chi connectivity index (χ1n) is 4.45. The first-order chi connectivity index (χ1) is 6.63. The van der Waals surface area contributed by atoms with E-state index in [9.17, 15) is 4.79 Å². The molecule has 0 fully saturated rings. The molecule has 0 atom stereocenters. The second-order valence-electron chi connectivity index (χ2n) is 3.12. The molecule has 76 valence electrons. The van der Waals surface area contributed by atoms with E-state index in [1.807, 2.05) is 19.1 Å². The Morgan fingerprint density at radius 1 is 1.57 bits per heavy atom. The summed E-state index contributed by atoms with van der Waals surface area (Å²) in [6.07, 6.45) is 1.21. The molecule has 1 aromatic heterocycles. The zero-order chi connectivity index (χ0) is 10.6. The van der Waals surface area contributed by atoms with E-state index in [1.54, 1.807) is 11.3 Å². The molecule has 0 unspecified atom stereocenters. The summed E-state index contributed by atoms with van der Waals surface area (Å²) in [5.74, 6) is -0.157. The molecule has 1 rings (SSSR count). The van der Waals surface area contributed by atoms with Gasteiger partial charge >= 0.3 is 5.97 Å². The van der Waals surface area contributed by atoms with Crippen molar-refractivity contribution in [2.24, 2.45) is 0 Å². The third-order valence-electron chi connectivity index (χ3n) is 1.89. The van der Waals surface area contributed by atoms with Crippen molar-refractivity contribution in [3.63, 3.8) is 0 Å². The molecule has 0 radical (unpaired) electrons. The van der Waals surface area contributed by atoms with Crippen LogP contribution in [0, 0.1) is 0 Å². The van der Waals surface area contributed by atoms with Crippen LogP contribution in [-0.4, -0.2) is 13.1 Å². The van der Waals surface area contributed by atoms with Crippen molar-refractivity contribution >= 4 is 22.9 Å². The van der Waals surface area contributed by atoms with Gasteiger partial charge in [-0.2, -0.15) is 0 Å². The van der Waals surface area contributed by atoms with E-state index in [1.165, 1.54) is 16.9 Å². The quantitative estimate of drug-likeness (QED) is 0.714. The average Bonchev–Trinajstić information content (AvgIpc) is 2.62. The maximum Gasteiger partial charge on any atom is 0.305 e. The number of rotatable bonds is 4. The fourth-order valence-electron chi connectivity index (χ4n) is 1.07. The summed E-state index contributed by atoms with van der Waals surface area (Å²) in [5, 5.41) is 0. The molecule has 0 N–H and O–H groups in total. The Kier molecular flexibility index (Phi) is 3.89. The summed E-state index contributed by atoms with van der Waals surface area (Å²) in [4.78, 5) is 13.3. The van der Waals surface area contributed by atoms with Crippen LogP contribution < -0.4 is 0 Å². The van der Waals surface area contributed by atoms with Gasteiger partial charge < -0.3 is 4.74 Å². The maximum absolute atomic E-state index is 10.9. The minimum atomic E-state index is -0.157. The van der Waals surface area contributed by atoms with E-state index >= 15 is 0 Å². The van der Waals surface area contributed by atoms with Crippen LogP contribution >= 0.6 is 11.3 Å². The van der Waals surface area contributed by atoms with Crippen LogP contribution in [0.3, 0.4) is 0 Å². The second-order valence-corrected chi connectivity index (χ2v) is 4.29. The number of allylic oxidation sites excluding steroid dienone is 1. The molecule has 0 aliphatic rings. The van der Waals surface area contributed by atoms with Crippen molar-refractivity contribution in [2.75, 3.05) is 7.11 Å². The zero-order valence-electron chi connectivity index (χ0n) is 8.50. The number of thiophene rings is 1. The van der Waals surface area contributed by atoms with E-state index in [4.69, 9.17) is 0 Å². The Morgan fingerprint density at radius 2 is 2.29 bits per heavy atom. The number of carbonyl (C=O) groups is 1. The fraction of sp³-hybridized carbons (Fsp3) is 0.364. The van der Waals surface area contributed by atoms with Crippen molar-refractivity contribution in [2.45, 2.75) is 19.8 Å². The summed E-state index contributed by atoms with van der Waals surface area (Å²) in [6.45, 7) is 5.85. The third-order valence-corrected chi connectivity index (χ3v) is 3.19. The van der Waals surface area contributed by atoms with Gasteiger partial charge in [0.05, 0.1) is 13.5 Å². The average molecular weight is 210 g/mol. The summed E-state index contributed by atoms with van der Waals surface area (Å²) >= 11 is 1.69. The van der Waals surface area contributed by atoms with Gasteiger partial charge in [-0.05, 0) is 31.1 Å². The lowest BCUT2D eigenvalue weighted by Gasteiger charge is -1.96. The summed E-state index contributed by atoms with van der Waals surface area (Å²) in [7, 11) is 1.41. The number of ether oxygens (including phenoxy) is 1. The van der Waals surface area contributed by atoms with Crippen LogP contribution in [0.4, 0.5) is 0 Å². The van der Waals surface area contributed by atoms with Crippen molar-refractivity contribution in [1.82, 2.24) is 0 Å². The standard InChI is InChI=1S/C11H14O2S/c1-8(2)10-6-4-9(14-10)5-7-11(12)13-3/h4,6H,1,5,7H2,2-3H3. The fourth-order valence-corrected chi connectivity index (χ4v) is 2.00. The minimum absolute atomic E-state index is 0.157. The predicted molar refractivity (Wildman–Crippen MR) is 59.4 cm³/mol. The molecule has 14 heavy (non-hydrogen) atoms. The number of carbonyl (C=O) groups excluding carboxylic acids is 1. The molecule has 1 aromatic rings. The van der Waals surface area contributed by atoms with Crippen LogP contribution in [0.2, 0.25) is 0 Å². The predicted octanol–water partition coefficient (Wildman–Crippen LogP) is 2.89. The van der Waals surface area contributed by atoms with Gasteiger partial charge in [0.15, 0.2) is 0 Å². The highest BCUT2D eigenvalue weighted by molar-refractivity contribution is 7.13. The minimum Gasteiger partial charge on any atom is -0.469 e. The molecule has 0 aromatic carbocycles. The van der Waals surface area contributed by atoms with Gasteiger partial charge in [0, 0.05) is 9.75 Å². The zero-order valence-corrected chi connectivity index (χ0v) is 9.32. The number of aryl methyl sites for hydroxylation is 1. The van der Waals surface area contributed by atoms with Crippen LogP contribution in [0.5, 0.6) is 0 Å². The molecular formula is C11H14O2S. The molecule has 3 heteroatoms. The Morgan fingerprint density at radius 3 is 2.79 bits per heavy atom. The molecule has 0 aliphatic carbocycles. The van der Waals surface area contributed by atoms with Crippen LogP contribution in [-0.2, 0) is 16.0 Å². The number of hydrogen-bond acceptors (Lipinski definition) is 3. The lowest BCUT2D eigenvalue weighted by Crippen LogP contribution is -2.00. The van der Waals surface area contributed by atoms with Gasteiger partial charge in [-0.25, -0.2) is 0 Å². The van der Waals surface area contributed by atoms with E-state index in [0.717, 1.165) is 12.0 Å². The Balaban J connectivity index is 2.52. The smallest absolute Gasteiger partial charge is 0.305 e. The third kappa shape index (κ3) is 3.00. The van der Waals surface area contributed by atoms with Crippen molar-refractivity contribution in [1.29, 1.82) is 0 Å². The van der Waals surface area contributed by atoms with Gasteiger partial charge in [-0.3, -0.25) is 4.79 Å². The van der Waals surface area contributed by atoms with Crippen molar-refractivity contribution in [3.8, 4) is 0 Å². The maximum atomic E-state index is 10.9. The van der Waals surface area contributed by atoms with Crippen LogP contribution in [0.25, 0.3) is 5.57 Å². The Bertz CT molecular complexity index is 339. The highest BCUT2D eigenvalue weighted by Gasteiger charge is 2.04. The first kappa shape index (κ1) is 11.0. The molecule has 0 saturated carbocycles. The van der Waals surface area contributed by atoms with E-state index < -0.39 is 0 Å². The molecule has 0 aliphatic heterocycles. The van der Waals surface area contributed by atoms with Crippen LogP contribution in [0.15, 0.2) is 18.7 Å². The molecule has 1 heterocycles. The van der Waals surface area contributed by atoms with Crippen LogP contribution in [0.1, 0.15) is 23.1 Å². The number of hydrogen-bond donors (Lipinski definition) is 0. The van der Waals surface area contributed by atoms with Gasteiger partial charge in [0.1, 0.15) is 0 Å². The normalized spacial score (nSPS) is 9.86. The van der Waals surface area contributed by atoms with Gasteiger partial charge in [0.2, 0.25) is 0 Å². The lowest BCUT2D eigenvalue weighted by molar-refractivity contribution is -0.140. The van der Waals surface area contributed by atoms with E-state index in [-0.39, 0.29) is 5.97 Å². The SMILES string of the molecule is C=C(C)c1ccc(CCC(=O)OC)s1. The lowest BCUT2D eigenvalue weighted by atomic mass is 10.2. The molecule has 0 amide bonds. The summed E-state index contributed by atoms with van der Waals surface area (Å²) in [5.41, 5.74) is 1.07. The Labute approximate surface area is 88.2 Å². The number of methoxy groups -OCH3 is 1. The van der Waals surface area contributed by atoms with Crippen molar-refractivity contribution < 1.29 is 9.53 Å². The Hall–Kier alpha value is -1.09. The largest absolute Gasteiger partial charge is 0.469 e. The van der Waals surface area contributed by atoms with Gasteiger partial charge in [-0.1, -0.05) is 6.58 Å². The molecule has 2 nitrogen and oxygen atoms in total. The topological polar surface area (TPSA) is 26.3 Å². The van der Waals surface area contributed by atoms with E-state index in [0.29, 0.717) is 6.42 Å². The second kappa shape index (κ2) is 4.96. The highest BCUT2D eigenvalue weighted by Crippen LogP contribution is 2.23. The first-order valence-corrected chi connectivity index (χ1v) is 5.26. The number of esters is 1.